The summed E-state index contributed by atoms with van der Waals surface area (Å²) in [5.41, 5.74) is 0.0238. The maximum Gasteiger partial charge on any atom is 0.0807 e. The number of nitrogens with one attached hydrogen (secondary N) is 1. The van der Waals surface area contributed by atoms with E-state index in [1.54, 1.807) is 7.11 Å². The molecule has 1 N–H and O–H groups in total. The van der Waals surface area contributed by atoms with Gasteiger partial charge >= 0.3 is 0 Å². The van der Waals surface area contributed by atoms with E-state index in [-0.39, 0.29) is 5.60 Å². The Kier molecular flexibility index (Phi) is 9.49. The number of hydrogen-bond donors (Lipinski definition) is 1. The van der Waals surface area contributed by atoms with Crippen LogP contribution in [0.25, 0.3) is 0 Å². The molecule has 1 aliphatic carbocycles. The quantitative estimate of drug-likeness (QED) is 0.596. The van der Waals surface area contributed by atoms with Gasteiger partial charge in [0, 0.05) is 26.9 Å². The molecule has 1 fully saturated rings. The number of hydrogen-bond acceptors (Lipinski definition) is 4. The summed E-state index contributed by atoms with van der Waals surface area (Å²) in [5, 5.41) is 3.31. The maximum absolute atomic E-state index is 6.23. The molecule has 0 bridgehead atoms. The van der Waals surface area contributed by atoms with Gasteiger partial charge in [-0.15, -0.1) is 0 Å². The minimum Gasteiger partial charge on any atom is -0.385 e. The Morgan fingerprint density at radius 2 is 1.81 bits per heavy atom. The summed E-state index contributed by atoms with van der Waals surface area (Å²) in [4.78, 5) is 0. The molecule has 0 saturated heterocycles. The van der Waals surface area contributed by atoms with Gasteiger partial charge in [-0.3, -0.25) is 0 Å². The molecule has 0 aromatic heterocycles. The molecular weight excluding hydrogens is 266 g/mol. The van der Waals surface area contributed by atoms with E-state index in [2.05, 4.69) is 19.2 Å². The van der Waals surface area contributed by atoms with Crippen LogP contribution in [0.5, 0.6) is 0 Å². The standard InChI is InChI=1S/C17H35NO3/c1-15(2)16-6-8-17(9-7-16,14-18-3)21-13-12-20-11-5-10-19-4/h15-16,18H,5-14H2,1-4H3. The van der Waals surface area contributed by atoms with Gasteiger partial charge in [0.15, 0.2) is 0 Å². The molecule has 0 amide bonds. The van der Waals surface area contributed by atoms with Crippen LogP contribution in [0.1, 0.15) is 46.0 Å². The topological polar surface area (TPSA) is 39.7 Å². The molecule has 4 nitrogen and oxygen atoms in total. The minimum absolute atomic E-state index is 0.0238. The normalized spacial score (nSPS) is 26.4. The Bertz CT molecular complexity index is 250. The average molecular weight is 301 g/mol. The first-order valence-corrected chi connectivity index (χ1v) is 8.49. The molecule has 1 rings (SSSR count). The van der Waals surface area contributed by atoms with Crippen LogP contribution in [0, 0.1) is 11.8 Å². The van der Waals surface area contributed by atoms with E-state index in [1.165, 1.54) is 25.7 Å². The van der Waals surface area contributed by atoms with Gasteiger partial charge in [-0.25, -0.2) is 0 Å². The second kappa shape index (κ2) is 10.5. The molecule has 0 heterocycles. The van der Waals surface area contributed by atoms with Crippen molar-refractivity contribution in [2.45, 2.75) is 51.6 Å². The van der Waals surface area contributed by atoms with Crippen molar-refractivity contribution in [1.82, 2.24) is 5.32 Å². The fraction of sp³-hybridized carbons (Fsp3) is 1.00. The summed E-state index contributed by atoms with van der Waals surface area (Å²) >= 11 is 0. The zero-order valence-corrected chi connectivity index (χ0v) is 14.5. The van der Waals surface area contributed by atoms with E-state index in [0.717, 1.165) is 38.0 Å². The van der Waals surface area contributed by atoms with Gasteiger partial charge in [0.25, 0.3) is 0 Å². The summed E-state index contributed by atoms with van der Waals surface area (Å²) in [7, 11) is 3.74. The van der Waals surface area contributed by atoms with Crippen molar-refractivity contribution in [3.05, 3.63) is 0 Å². The molecule has 0 atom stereocenters. The van der Waals surface area contributed by atoms with Gasteiger partial charge in [-0.1, -0.05) is 13.8 Å². The third kappa shape index (κ3) is 7.09. The Balaban J connectivity index is 2.24. The predicted octanol–water partition coefficient (Wildman–Crippen LogP) is 2.86. The molecule has 1 saturated carbocycles. The molecule has 21 heavy (non-hydrogen) atoms. The lowest BCUT2D eigenvalue weighted by Crippen LogP contribution is -2.46. The van der Waals surface area contributed by atoms with Gasteiger partial charge in [-0.05, 0) is 51.0 Å². The van der Waals surface area contributed by atoms with Gasteiger partial charge < -0.3 is 19.5 Å². The Labute approximate surface area is 130 Å². The lowest BCUT2D eigenvalue weighted by atomic mass is 9.74. The van der Waals surface area contributed by atoms with Gasteiger partial charge in [0.1, 0.15) is 0 Å². The van der Waals surface area contributed by atoms with Crippen LogP contribution >= 0.6 is 0 Å². The Morgan fingerprint density at radius 1 is 1.10 bits per heavy atom. The van der Waals surface area contributed by atoms with Gasteiger partial charge in [0.2, 0.25) is 0 Å². The Hall–Kier alpha value is -0.160. The molecular formula is C17H35NO3. The van der Waals surface area contributed by atoms with E-state index in [4.69, 9.17) is 14.2 Å². The highest BCUT2D eigenvalue weighted by Crippen LogP contribution is 2.37. The summed E-state index contributed by atoms with van der Waals surface area (Å²) < 4.78 is 16.8. The third-order valence-electron chi connectivity index (χ3n) is 4.66. The fourth-order valence-electron chi connectivity index (χ4n) is 3.25. The van der Waals surface area contributed by atoms with E-state index in [0.29, 0.717) is 13.2 Å². The number of methoxy groups -OCH3 is 1. The van der Waals surface area contributed by atoms with Crippen molar-refractivity contribution < 1.29 is 14.2 Å². The highest BCUT2D eigenvalue weighted by molar-refractivity contribution is 4.89. The van der Waals surface area contributed by atoms with Gasteiger partial charge in [0.05, 0.1) is 18.8 Å². The van der Waals surface area contributed by atoms with E-state index >= 15 is 0 Å². The summed E-state index contributed by atoms with van der Waals surface area (Å²) in [6.45, 7) is 8.52. The molecule has 0 spiro atoms. The lowest BCUT2D eigenvalue weighted by molar-refractivity contribution is -0.0947. The second-order valence-corrected chi connectivity index (χ2v) is 6.60. The highest BCUT2D eigenvalue weighted by atomic mass is 16.5. The van der Waals surface area contributed by atoms with Crippen molar-refractivity contribution in [2.24, 2.45) is 11.8 Å². The van der Waals surface area contributed by atoms with Crippen molar-refractivity contribution in [1.29, 1.82) is 0 Å². The zero-order chi connectivity index (χ0) is 15.6. The Morgan fingerprint density at radius 3 is 2.38 bits per heavy atom. The largest absolute Gasteiger partial charge is 0.385 e. The molecule has 0 unspecified atom stereocenters. The van der Waals surface area contributed by atoms with E-state index in [1.807, 2.05) is 7.05 Å². The lowest BCUT2D eigenvalue weighted by Gasteiger charge is -2.41. The first kappa shape index (κ1) is 18.9. The molecule has 0 aliphatic heterocycles. The minimum atomic E-state index is 0.0238. The maximum atomic E-state index is 6.23. The SMILES string of the molecule is CNCC1(OCCOCCCOC)CCC(C(C)C)CC1. The molecule has 4 heteroatoms. The van der Waals surface area contributed by atoms with Crippen LogP contribution in [0.3, 0.4) is 0 Å². The van der Waals surface area contributed by atoms with Gasteiger partial charge in [-0.2, -0.15) is 0 Å². The second-order valence-electron chi connectivity index (χ2n) is 6.60. The van der Waals surface area contributed by atoms with Crippen LogP contribution in [-0.4, -0.2) is 52.7 Å². The van der Waals surface area contributed by atoms with Crippen LogP contribution in [0.2, 0.25) is 0 Å². The highest BCUT2D eigenvalue weighted by Gasteiger charge is 2.36. The van der Waals surface area contributed by atoms with Crippen molar-refractivity contribution in [2.75, 3.05) is 47.1 Å². The molecule has 1 aliphatic rings. The van der Waals surface area contributed by atoms with Crippen LogP contribution in [0.4, 0.5) is 0 Å². The summed E-state index contributed by atoms with van der Waals surface area (Å²) in [6.07, 6.45) is 5.86. The molecule has 0 aromatic rings. The van der Waals surface area contributed by atoms with Crippen molar-refractivity contribution >= 4 is 0 Å². The summed E-state index contributed by atoms with van der Waals surface area (Å²) in [6, 6.07) is 0. The third-order valence-corrected chi connectivity index (χ3v) is 4.66. The predicted molar refractivity (Wildman–Crippen MR) is 86.7 cm³/mol. The fourth-order valence-corrected chi connectivity index (χ4v) is 3.25. The average Bonchev–Trinajstić information content (AvgIpc) is 2.47. The molecule has 0 aromatic carbocycles. The van der Waals surface area contributed by atoms with Crippen LogP contribution < -0.4 is 5.32 Å². The van der Waals surface area contributed by atoms with E-state index < -0.39 is 0 Å². The van der Waals surface area contributed by atoms with Crippen LogP contribution in [-0.2, 0) is 14.2 Å². The van der Waals surface area contributed by atoms with E-state index in [9.17, 15) is 0 Å². The first-order valence-electron chi connectivity index (χ1n) is 8.49. The summed E-state index contributed by atoms with van der Waals surface area (Å²) in [5.74, 6) is 1.66. The van der Waals surface area contributed by atoms with Crippen molar-refractivity contribution in [3.8, 4) is 0 Å². The smallest absolute Gasteiger partial charge is 0.0807 e. The van der Waals surface area contributed by atoms with Crippen LogP contribution in [0.15, 0.2) is 0 Å². The number of likely N-dealkylation sites (N-methyl/N-ethyl adjacent to an activating group) is 1. The zero-order valence-electron chi connectivity index (χ0n) is 14.5. The monoisotopic (exact) mass is 301 g/mol. The first-order chi connectivity index (χ1) is 10.1. The molecule has 126 valence electrons. The number of rotatable bonds is 11. The van der Waals surface area contributed by atoms with Crippen molar-refractivity contribution in [3.63, 3.8) is 0 Å². The molecule has 0 radical (unpaired) electrons. The number of ether oxygens (including phenoxy) is 3.